The average molecular weight is 271 g/mol. The first-order chi connectivity index (χ1) is 9.28. The molecule has 3 aromatic heterocycles. The number of anilines is 1. The number of hydrogen-bond donors (Lipinski definition) is 2. The molecule has 19 heavy (non-hydrogen) atoms. The van der Waals surface area contributed by atoms with Crippen LogP contribution in [0.4, 0.5) is 5.69 Å². The SMILES string of the molecule is CCc1ccc(C(=O)Nc2ccnc3[nH]ccc23)s1. The Labute approximate surface area is 114 Å². The van der Waals surface area contributed by atoms with E-state index in [2.05, 4.69) is 22.2 Å². The summed E-state index contributed by atoms with van der Waals surface area (Å²) >= 11 is 1.53. The maximum absolute atomic E-state index is 12.2. The molecule has 3 rings (SSSR count). The fraction of sp³-hybridized carbons (Fsp3) is 0.143. The molecule has 0 aliphatic heterocycles. The number of carbonyl (C=O) groups is 1. The van der Waals surface area contributed by atoms with Gasteiger partial charge in [0.1, 0.15) is 5.65 Å². The zero-order valence-electron chi connectivity index (χ0n) is 10.4. The summed E-state index contributed by atoms with van der Waals surface area (Å²) in [6.45, 7) is 2.08. The Morgan fingerprint density at radius 1 is 1.37 bits per heavy atom. The molecule has 4 nitrogen and oxygen atoms in total. The van der Waals surface area contributed by atoms with Crippen LogP contribution >= 0.6 is 11.3 Å². The Morgan fingerprint density at radius 3 is 3.05 bits per heavy atom. The van der Waals surface area contributed by atoms with Gasteiger partial charge in [-0.3, -0.25) is 4.79 Å². The Morgan fingerprint density at radius 2 is 2.26 bits per heavy atom. The number of amides is 1. The molecule has 0 unspecified atom stereocenters. The Kier molecular flexibility index (Phi) is 3.05. The van der Waals surface area contributed by atoms with E-state index in [1.54, 1.807) is 6.20 Å². The summed E-state index contributed by atoms with van der Waals surface area (Å²) in [5.41, 5.74) is 1.56. The van der Waals surface area contributed by atoms with Crippen LogP contribution in [-0.4, -0.2) is 15.9 Å². The molecule has 0 fully saturated rings. The third-order valence-corrected chi connectivity index (χ3v) is 4.17. The van der Waals surface area contributed by atoms with Gasteiger partial charge in [-0.05, 0) is 30.7 Å². The highest BCUT2D eigenvalue weighted by atomic mass is 32.1. The van der Waals surface area contributed by atoms with Gasteiger partial charge in [-0.15, -0.1) is 11.3 Å². The summed E-state index contributed by atoms with van der Waals surface area (Å²) in [6.07, 6.45) is 4.45. The van der Waals surface area contributed by atoms with Crippen LogP contribution in [0.15, 0.2) is 36.7 Å². The molecule has 0 saturated carbocycles. The molecule has 5 heteroatoms. The van der Waals surface area contributed by atoms with Gasteiger partial charge >= 0.3 is 0 Å². The van der Waals surface area contributed by atoms with Gasteiger partial charge in [-0.1, -0.05) is 6.92 Å². The van der Waals surface area contributed by atoms with Crippen LogP contribution in [-0.2, 0) is 6.42 Å². The van der Waals surface area contributed by atoms with Crippen molar-refractivity contribution in [2.45, 2.75) is 13.3 Å². The van der Waals surface area contributed by atoms with Crippen LogP contribution in [0, 0.1) is 0 Å². The molecule has 3 heterocycles. The molecule has 0 aromatic carbocycles. The lowest BCUT2D eigenvalue weighted by atomic mass is 10.3. The van der Waals surface area contributed by atoms with Gasteiger partial charge in [-0.25, -0.2) is 4.98 Å². The zero-order valence-corrected chi connectivity index (χ0v) is 11.3. The first-order valence-electron chi connectivity index (χ1n) is 6.10. The third-order valence-electron chi connectivity index (χ3n) is 2.94. The van der Waals surface area contributed by atoms with Crippen molar-refractivity contribution in [3.05, 3.63) is 46.4 Å². The van der Waals surface area contributed by atoms with Crippen LogP contribution < -0.4 is 5.32 Å². The summed E-state index contributed by atoms with van der Waals surface area (Å²) in [4.78, 5) is 21.3. The second-order valence-electron chi connectivity index (χ2n) is 4.17. The Bertz CT molecular complexity index is 729. The van der Waals surface area contributed by atoms with Crippen molar-refractivity contribution in [3.63, 3.8) is 0 Å². The number of nitrogens with one attached hydrogen (secondary N) is 2. The number of aryl methyl sites for hydroxylation is 1. The highest BCUT2D eigenvalue weighted by molar-refractivity contribution is 7.14. The van der Waals surface area contributed by atoms with E-state index in [-0.39, 0.29) is 5.91 Å². The van der Waals surface area contributed by atoms with Gasteiger partial charge in [0.05, 0.1) is 10.6 Å². The van der Waals surface area contributed by atoms with Crippen LogP contribution in [0.25, 0.3) is 11.0 Å². The number of nitrogens with zero attached hydrogens (tertiary/aromatic N) is 1. The third kappa shape index (κ3) is 2.24. The van der Waals surface area contributed by atoms with Crippen molar-refractivity contribution in [1.82, 2.24) is 9.97 Å². The molecule has 2 N–H and O–H groups in total. The standard InChI is InChI=1S/C14H13N3OS/c1-2-9-3-4-12(19-9)14(18)17-11-6-8-16-13-10(11)5-7-15-13/h3-8H,2H2,1H3,(H2,15,16,17,18). The van der Waals surface area contributed by atoms with Crippen LogP contribution in [0.5, 0.6) is 0 Å². The van der Waals surface area contributed by atoms with Crippen molar-refractivity contribution in [3.8, 4) is 0 Å². The molecule has 96 valence electrons. The summed E-state index contributed by atoms with van der Waals surface area (Å²) in [5.74, 6) is -0.0709. The normalized spacial score (nSPS) is 10.8. The molecule has 0 saturated heterocycles. The second-order valence-corrected chi connectivity index (χ2v) is 5.34. The van der Waals surface area contributed by atoms with Gasteiger partial charge in [0.15, 0.2) is 0 Å². The van der Waals surface area contributed by atoms with Gasteiger partial charge in [0.2, 0.25) is 0 Å². The lowest BCUT2D eigenvalue weighted by Gasteiger charge is -2.04. The van der Waals surface area contributed by atoms with Gasteiger partial charge in [0, 0.05) is 22.7 Å². The Hall–Kier alpha value is -2.14. The van der Waals surface area contributed by atoms with E-state index >= 15 is 0 Å². The molecule has 0 bridgehead atoms. The fourth-order valence-electron chi connectivity index (χ4n) is 1.94. The molecule has 0 radical (unpaired) electrons. The molecule has 0 aliphatic rings. The summed E-state index contributed by atoms with van der Waals surface area (Å²) in [7, 11) is 0. The minimum absolute atomic E-state index is 0.0709. The number of carbonyl (C=O) groups excluding carboxylic acids is 1. The van der Waals surface area contributed by atoms with E-state index < -0.39 is 0 Å². The lowest BCUT2D eigenvalue weighted by Crippen LogP contribution is -2.10. The minimum atomic E-state index is -0.0709. The predicted octanol–water partition coefficient (Wildman–Crippen LogP) is 3.44. The topological polar surface area (TPSA) is 57.8 Å². The number of aromatic amines is 1. The van der Waals surface area contributed by atoms with Gasteiger partial charge in [0.25, 0.3) is 5.91 Å². The van der Waals surface area contributed by atoms with E-state index in [0.29, 0.717) is 0 Å². The van der Waals surface area contributed by atoms with Gasteiger partial charge < -0.3 is 10.3 Å². The predicted molar refractivity (Wildman–Crippen MR) is 77.7 cm³/mol. The summed E-state index contributed by atoms with van der Waals surface area (Å²) in [6, 6.07) is 7.58. The maximum atomic E-state index is 12.2. The molecule has 1 amide bonds. The summed E-state index contributed by atoms with van der Waals surface area (Å²) in [5, 5.41) is 3.86. The number of thiophene rings is 1. The van der Waals surface area contributed by atoms with E-state index in [0.717, 1.165) is 28.0 Å². The number of pyridine rings is 1. The van der Waals surface area contributed by atoms with Crippen LogP contribution in [0.1, 0.15) is 21.5 Å². The number of fused-ring (bicyclic) bond motifs is 1. The molecule has 3 aromatic rings. The summed E-state index contributed by atoms with van der Waals surface area (Å²) < 4.78 is 0. The van der Waals surface area contributed by atoms with Crippen molar-refractivity contribution in [1.29, 1.82) is 0 Å². The van der Waals surface area contributed by atoms with Crippen LogP contribution in [0.3, 0.4) is 0 Å². The molecule has 0 atom stereocenters. The maximum Gasteiger partial charge on any atom is 0.265 e. The molecule has 0 spiro atoms. The van der Waals surface area contributed by atoms with E-state index in [4.69, 9.17) is 0 Å². The highest BCUT2D eigenvalue weighted by Gasteiger charge is 2.11. The zero-order chi connectivity index (χ0) is 13.2. The first-order valence-corrected chi connectivity index (χ1v) is 6.91. The van der Waals surface area contributed by atoms with E-state index in [1.807, 2.05) is 30.5 Å². The van der Waals surface area contributed by atoms with Crippen LogP contribution in [0.2, 0.25) is 0 Å². The monoisotopic (exact) mass is 271 g/mol. The number of H-pyrrole nitrogens is 1. The highest BCUT2D eigenvalue weighted by Crippen LogP contribution is 2.23. The molecular weight excluding hydrogens is 258 g/mol. The Balaban J connectivity index is 1.88. The quantitative estimate of drug-likeness (QED) is 0.766. The van der Waals surface area contributed by atoms with Crippen molar-refractivity contribution in [2.24, 2.45) is 0 Å². The van der Waals surface area contributed by atoms with E-state index in [1.165, 1.54) is 16.2 Å². The van der Waals surface area contributed by atoms with Crippen molar-refractivity contribution >= 4 is 34.0 Å². The second kappa shape index (κ2) is 4.85. The molecule has 0 aliphatic carbocycles. The van der Waals surface area contributed by atoms with Gasteiger partial charge in [-0.2, -0.15) is 0 Å². The number of aromatic nitrogens is 2. The molecular formula is C14H13N3OS. The number of hydrogen-bond acceptors (Lipinski definition) is 3. The minimum Gasteiger partial charge on any atom is -0.346 e. The van der Waals surface area contributed by atoms with E-state index in [9.17, 15) is 4.79 Å². The lowest BCUT2D eigenvalue weighted by molar-refractivity contribution is 0.103. The largest absolute Gasteiger partial charge is 0.346 e. The van der Waals surface area contributed by atoms with Crippen molar-refractivity contribution in [2.75, 3.05) is 5.32 Å². The smallest absolute Gasteiger partial charge is 0.265 e. The number of rotatable bonds is 3. The van der Waals surface area contributed by atoms with Crippen molar-refractivity contribution < 1.29 is 4.79 Å². The fourth-order valence-corrected chi connectivity index (χ4v) is 2.79. The first kappa shape index (κ1) is 11.9. The average Bonchev–Trinajstić information content (AvgIpc) is 3.08.